The number of thioether (sulfide) groups is 1. The fourth-order valence-corrected chi connectivity index (χ4v) is 3.57. The normalized spacial score (nSPS) is 19.1. The SMILES string of the molecule is Cn1ccnc1C(CSC1CCCC1)NN. The van der Waals surface area contributed by atoms with Crippen LogP contribution < -0.4 is 11.3 Å². The van der Waals surface area contributed by atoms with Gasteiger partial charge in [0.2, 0.25) is 0 Å². The summed E-state index contributed by atoms with van der Waals surface area (Å²) in [5.74, 6) is 7.63. The molecule has 1 saturated carbocycles. The quantitative estimate of drug-likeness (QED) is 0.606. The molecular formula is C11H20N4S. The minimum absolute atomic E-state index is 0.158. The molecule has 0 amide bonds. The lowest BCUT2D eigenvalue weighted by atomic mass is 10.3. The van der Waals surface area contributed by atoms with Gasteiger partial charge in [0.05, 0.1) is 6.04 Å². The van der Waals surface area contributed by atoms with Crippen molar-refractivity contribution in [1.29, 1.82) is 0 Å². The van der Waals surface area contributed by atoms with Crippen molar-refractivity contribution in [2.24, 2.45) is 12.9 Å². The van der Waals surface area contributed by atoms with E-state index in [-0.39, 0.29) is 6.04 Å². The largest absolute Gasteiger partial charge is 0.337 e. The Balaban J connectivity index is 1.88. The maximum absolute atomic E-state index is 5.60. The van der Waals surface area contributed by atoms with Gasteiger partial charge in [-0.1, -0.05) is 12.8 Å². The lowest BCUT2D eigenvalue weighted by Crippen LogP contribution is -2.32. The highest BCUT2D eigenvalue weighted by Crippen LogP contribution is 2.31. The Morgan fingerprint density at radius 2 is 2.38 bits per heavy atom. The molecule has 1 unspecified atom stereocenters. The van der Waals surface area contributed by atoms with Crippen LogP contribution in [0.4, 0.5) is 0 Å². The van der Waals surface area contributed by atoms with E-state index in [1.807, 2.05) is 35.8 Å². The van der Waals surface area contributed by atoms with E-state index in [1.165, 1.54) is 25.7 Å². The first-order valence-corrected chi connectivity index (χ1v) is 6.91. The lowest BCUT2D eigenvalue weighted by Gasteiger charge is -2.17. The number of hydrogen-bond acceptors (Lipinski definition) is 4. The minimum Gasteiger partial charge on any atom is -0.337 e. The standard InChI is InChI=1S/C11H20N4S/c1-15-7-6-13-11(15)10(14-12)8-16-9-4-2-3-5-9/h6-7,9-10,14H,2-5,8,12H2,1H3. The number of aryl methyl sites for hydroxylation is 1. The predicted molar refractivity (Wildman–Crippen MR) is 68.0 cm³/mol. The van der Waals surface area contributed by atoms with Crippen molar-refractivity contribution < 1.29 is 0 Å². The Hall–Kier alpha value is -0.520. The Bertz CT molecular complexity index is 320. The van der Waals surface area contributed by atoms with Gasteiger partial charge in [0.15, 0.2) is 0 Å². The average Bonchev–Trinajstić information content (AvgIpc) is 2.92. The number of hydrazine groups is 1. The molecule has 1 heterocycles. The number of imidazole rings is 1. The van der Waals surface area contributed by atoms with Crippen LogP contribution in [0.5, 0.6) is 0 Å². The number of aromatic nitrogens is 2. The molecule has 4 nitrogen and oxygen atoms in total. The van der Waals surface area contributed by atoms with Crippen molar-refractivity contribution in [3.63, 3.8) is 0 Å². The van der Waals surface area contributed by atoms with Crippen LogP contribution in [0.25, 0.3) is 0 Å². The van der Waals surface area contributed by atoms with Gasteiger partial charge < -0.3 is 4.57 Å². The third kappa shape index (κ3) is 2.78. The first-order valence-electron chi connectivity index (χ1n) is 5.86. The zero-order chi connectivity index (χ0) is 11.4. The van der Waals surface area contributed by atoms with E-state index in [1.54, 1.807) is 0 Å². The van der Waals surface area contributed by atoms with E-state index in [9.17, 15) is 0 Å². The van der Waals surface area contributed by atoms with E-state index in [0.717, 1.165) is 16.8 Å². The number of nitrogens with zero attached hydrogens (tertiary/aromatic N) is 2. The summed E-state index contributed by atoms with van der Waals surface area (Å²) in [5, 5.41) is 0.830. The molecule has 1 atom stereocenters. The van der Waals surface area contributed by atoms with Gasteiger partial charge in [0, 0.05) is 30.4 Å². The number of nitrogens with two attached hydrogens (primary N) is 1. The molecule has 3 N–H and O–H groups in total. The maximum atomic E-state index is 5.60. The molecule has 0 aromatic carbocycles. The first-order chi connectivity index (χ1) is 7.81. The van der Waals surface area contributed by atoms with Crippen LogP contribution in [0, 0.1) is 0 Å². The zero-order valence-corrected chi connectivity index (χ0v) is 10.5. The van der Waals surface area contributed by atoms with E-state index < -0.39 is 0 Å². The van der Waals surface area contributed by atoms with Crippen molar-refractivity contribution in [2.45, 2.75) is 37.0 Å². The van der Waals surface area contributed by atoms with Gasteiger partial charge in [-0.3, -0.25) is 5.84 Å². The van der Waals surface area contributed by atoms with Crippen molar-refractivity contribution in [3.05, 3.63) is 18.2 Å². The van der Waals surface area contributed by atoms with Crippen LogP contribution in [0.15, 0.2) is 12.4 Å². The molecule has 1 aromatic heterocycles. The van der Waals surface area contributed by atoms with Gasteiger partial charge in [0.1, 0.15) is 5.82 Å². The summed E-state index contributed by atoms with van der Waals surface area (Å²) in [4.78, 5) is 4.34. The van der Waals surface area contributed by atoms with Crippen LogP contribution in [-0.4, -0.2) is 20.6 Å². The third-order valence-corrected chi connectivity index (χ3v) is 4.64. The lowest BCUT2D eigenvalue weighted by molar-refractivity contribution is 0.556. The van der Waals surface area contributed by atoms with E-state index >= 15 is 0 Å². The topological polar surface area (TPSA) is 55.9 Å². The van der Waals surface area contributed by atoms with Gasteiger partial charge in [-0.15, -0.1) is 0 Å². The summed E-state index contributed by atoms with van der Waals surface area (Å²) in [6.07, 6.45) is 9.28. The van der Waals surface area contributed by atoms with Crippen molar-refractivity contribution >= 4 is 11.8 Å². The second-order valence-electron chi connectivity index (χ2n) is 4.36. The third-order valence-electron chi connectivity index (χ3n) is 3.17. The van der Waals surface area contributed by atoms with Gasteiger partial charge in [-0.05, 0) is 12.8 Å². The molecule has 5 heteroatoms. The smallest absolute Gasteiger partial charge is 0.127 e. The molecule has 0 spiro atoms. The molecule has 1 aliphatic rings. The molecule has 90 valence electrons. The monoisotopic (exact) mass is 240 g/mol. The highest BCUT2D eigenvalue weighted by molar-refractivity contribution is 7.99. The van der Waals surface area contributed by atoms with Crippen LogP contribution in [-0.2, 0) is 7.05 Å². The number of nitrogens with one attached hydrogen (secondary N) is 1. The number of hydrogen-bond donors (Lipinski definition) is 2. The fraction of sp³-hybridized carbons (Fsp3) is 0.727. The molecule has 0 saturated heterocycles. The molecule has 1 fully saturated rings. The van der Waals surface area contributed by atoms with Crippen LogP contribution in [0.2, 0.25) is 0 Å². The molecule has 0 aliphatic heterocycles. The van der Waals surface area contributed by atoms with E-state index in [2.05, 4.69) is 10.4 Å². The molecular weight excluding hydrogens is 220 g/mol. The summed E-state index contributed by atoms with van der Waals surface area (Å²) in [7, 11) is 2.01. The van der Waals surface area contributed by atoms with E-state index in [0.29, 0.717) is 0 Å². The first kappa shape index (κ1) is 12.0. The van der Waals surface area contributed by atoms with Crippen molar-refractivity contribution in [1.82, 2.24) is 15.0 Å². The average molecular weight is 240 g/mol. The Kier molecular flexibility index (Phi) is 4.26. The highest BCUT2D eigenvalue weighted by Gasteiger charge is 2.20. The fourth-order valence-electron chi connectivity index (χ4n) is 2.20. The Labute approximate surface area is 101 Å². The highest BCUT2D eigenvalue weighted by atomic mass is 32.2. The molecule has 0 radical (unpaired) electrons. The van der Waals surface area contributed by atoms with Crippen molar-refractivity contribution in [2.75, 3.05) is 5.75 Å². The predicted octanol–water partition coefficient (Wildman–Crippen LogP) is 1.60. The maximum Gasteiger partial charge on any atom is 0.127 e. The molecule has 1 aromatic rings. The van der Waals surface area contributed by atoms with Crippen molar-refractivity contribution in [3.8, 4) is 0 Å². The summed E-state index contributed by atoms with van der Waals surface area (Å²) in [6.45, 7) is 0. The van der Waals surface area contributed by atoms with Crippen LogP contribution >= 0.6 is 11.8 Å². The summed E-state index contributed by atoms with van der Waals surface area (Å²) < 4.78 is 2.03. The second kappa shape index (κ2) is 5.70. The van der Waals surface area contributed by atoms with Gasteiger partial charge in [-0.2, -0.15) is 11.8 Å². The van der Waals surface area contributed by atoms with Gasteiger partial charge in [-0.25, -0.2) is 10.4 Å². The summed E-state index contributed by atoms with van der Waals surface area (Å²) >= 11 is 2.03. The second-order valence-corrected chi connectivity index (χ2v) is 5.69. The minimum atomic E-state index is 0.158. The summed E-state index contributed by atoms with van der Waals surface area (Å²) in [6, 6.07) is 0.158. The Morgan fingerprint density at radius 3 is 2.94 bits per heavy atom. The van der Waals surface area contributed by atoms with Crippen LogP contribution in [0.1, 0.15) is 37.5 Å². The van der Waals surface area contributed by atoms with Crippen LogP contribution in [0.3, 0.4) is 0 Å². The molecule has 1 aliphatic carbocycles. The molecule has 2 rings (SSSR count). The zero-order valence-electron chi connectivity index (χ0n) is 9.72. The summed E-state index contributed by atoms with van der Waals surface area (Å²) in [5.41, 5.74) is 2.87. The van der Waals surface area contributed by atoms with Gasteiger partial charge >= 0.3 is 0 Å². The molecule has 0 bridgehead atoms. The molecule has 16 heavy (non-hydrogen) atoms. The Morgan fingerprint density at radius 1 is 1.62 bits per heavy atom. The number of rotatable bonds is 5. The van der Waals surface area contributed by atoms with E-state index in [4.69, 9.17) is 5.84 Å². The van der Waals surface area contributed by atoms with Gasteiger partial charge in [0.25, 0.3) is 0 Å².